The Hall–Kier alpha value is -3.55. The molecule has 3 rings (SSSR count). The van der Waals surface area contributed by atoms with Crippen molar-refractivity contribution in [1.82, 2.24) is 14.5 Å². The SMILES string of the molecule is COc1cccc(CN(C)C(=O)CCn2c(=O)[nH]c(=O)c3ccccc32)c1OC. The molecule has 0 aliphatic rings. The lowest BCUT2D eigenvalue weighted by molar-refractivity contribution is -0.130. The lowest BCUT2D eigenvalue weighted by Gasteiger charge is -2.20. The quantitative estimate of drug-likeness (QED) is 0.656. The van der Waals surface area contributed by atoms with E-state index in [1.807, 2.05) is 12.1 Å². The number of carbonyl (C=O) groups is 1. The average molecular weight is 397 g/mol. The van der Waals surface area contributed by atoms with Crippen LogP contribution in [0.5, 0.6) is 11.5 Å². The smallest absolute Gasteiger partial charge is 0.328 e. The van der Waals surface area contributed by atoms with Gasteiger partial charge in [0.1, 0.15) is 0 Å². The van der Waals surface area contributed by atoms with Crippen LogP contribution in [-0.2, 0) is 17.9 Å². The molecule has 0 saturated carbocycles. The van der Waals surface area contributed by atoms with Crippen LogP contribution in [0, 0.1) is 0 Å². The van der Waals surface area contributed by atoms with Crippen LogP contribution in [0.15, 0.2) is 52.1 Å². The lowest BCUT2D eigenvalue weighted by Crippen LogP contribution is -2.33. The van der Waals surface area contributed by atoms with Gasteiger partial charge in [-0.15, -0.1) is 0 Å². The summed E-state index contributed by atoms with van der Waals surface area (Å²) in [6.07, 6.45) is 0.110. The third kappa shape index (κ3) is 4.16. The Morgan fingerprint density at radius 2 is 1.83 bits per heavy atom. The first-order valence-electron chi connectivity index (χ1n) is 9.12. The number of H-pyrrole nitrogens is 1. The molecule has 0 bridgehead atoms. The molecular formula is C21H23N3O5. The number of benzene rings is 2. The number of nitrogens with zero attached hydrogens (tertiary/aromatic N) is 2. The van der Waals surface area contributed by atoms with Gasteiger partial charge in [-0.1, -0.05) is 24.3 Å². The fraction of sp³-hybridized carbons (Fsp3) is 0.286. The van der Waals surface area contributed by atoms with Gasteiger partial charge < -0.3 is 14.4 Å². The molecule has 0 saturated heterocycles. The Morgan fingerprint density at radius 3 is 2.55 bits per heavy atom. The molecule has 0 atom stereocenters. The second-order valence-electron chi connectivity index (χ2n) is 6.58. The highest BCUT2D eigenvalue weighted by atomic mass is 16.5. The number of hydrogen-bond donors (Lipinski definition) is 1. The Labute approximate surface area is 167 Å². The summed E-state index contributed by atoms with van der Waals surface area (Å²) in [5.74, 6) is 1.03. The lowest BCUT2D eigenvalue weighted by atomic mass is 10.1. The van der Waals surface area contributed by atoms with Gasteiger partial charge in [0.25, 0.3) is 5.56 Å². The van der Waals surface area contributed by atoms with Gasteiger partial charge in [-0.3, -0.25) is 19.1 Å². The van der Waals surface area contributed by atoms with Gasteiger partial charge in [0.15, 0.2) is 11.5 Å². The summed E-state index contributed by atoms with van der Waals surface area (Å²) in [5.41, 5.74) is 0.356. The maximum atomic E-state index is 12.7. The van der Waals surface area contributed by atoms with E-state index in [4.69, 9.17) is 9.47 Å². The molecule has 1 heterocycles. The van der Waals surface area contributed by atoms with Crippen molar-refractivity contribution < 1.29 is 14.3 Å². The Morgan fingerprint density at radius 1 is 1.07 bits per heavy atom. The highest BCUT2D eigenvalue weighted by Gasteiger charge is 2.16. The molecule has 0 radical (unpaired) electrons. The molecule has 0 aliphatic carbocycles. The number of hydrogen-bond acceptors (Lipinski definition) is 5. The summed E-state index contributed by atoms with van der Waals surface area (Å²) in [6.45, 7) is 0.495. The molecule has 1 aromatic heterocycles. The van der Waals surface area contributed by atoms with E-state index in [-0.39, 0.29) is 18.9 Å². The van der Waals surface area contributed by atoms with E-state index in [0.717, 1.165) is 5.56 Å². The normalized spacial score (nSPS) is 10.7. The van der Waals surface area contributed by atoms with Crippen LogP contribution in [0.2, 0.25) is 0 Å². The molecule has 8 heteroatoms. The Kier molecular flexibility index (Phi) is 6.01. The van der Waals surface area contributed by atoms with E-state index in [2.05, 4.69) is 4.98 Å². The summed E-state index contributed by atoms with van der Waals surface area (Å²) >= 11 is 0. The summed E-state index contributed by atoms with van der Waals surface area (Å²) in [6, 6.07) is 12.3. The molecular weight excluding hydrogens is 374 g/mol. The largest absolute Gasteiger partial charge is 0.493 e. The van der Waals surface area contributed by atoms with E-state index in [0.29, 0.717) is 28.9 Å². The fourth-order valence-electron chi connectivity index (χ4n) is 3.28. The van der Waals surface area contributed by atoms with Crippen molar-refractivity contribution in [3.8, 4) is 11.5 Å². The van der Waals surface area contributed by atoms with E-state index in [1.165, 1.54) is 4.57 Å². The summed E-state index contributed by atoms with van der Waals surface area (Å²) in [5, 5.41) is 0.411. The van der Waals surface area contributed by atoms with E-state index < -0.39 is 11.2 Å². The van der Waals surface area contributed by atoms with Crippen LogP contribution < -0.4 is 20.7 Å². The molecule has 2 aromatic carbocycles. The molecule has 1 amide bonds. The van der Waals surface area contributed by atoms with Crippen LogP contribution >= 0.6 is 0 Å². The monoisotopic (exact) mass is 397 g/mol. The van der Waals surface area contributed by atoms with E-state index >= 15 is 0 Å². The Balaban J connectivity index is 1.76. The zero-order chi connectivity index (χ0) is 21.0. The minimum atomic E-state index is -0.529. The van der Waals surface area contributed by atoms with E-state index in [1.54, 1.807) is 56.5 Å². The molecule has 152 valence electrons. The van der Waals surface area contributed by atoms with Crippen molar-refractivity contribution in [3.63, 3.8) is 0 Å². The Bertz CT molecular complexity index is 1150. The number of rotatable bonds is 7. The first-order chi connectivity index (χ1) is 14.0. The zero-order valence-corrected chi connectivity index (χ0v) is 16.6. The number of ether oxygens (including phenoxy) is 2. The first kappa shape index (κ1) is 20.2. The highest BCUT2D eigenvalue weighted by Crippen LogP contribution is 2.31. The van der Waals surface area contributed by atoms with Crippen molar-refractivity contribution in [2.45, 2.75) is 19.5 Å². The molecule has 0 unspecified atom stereocenters. The average Bonchev–Trinajstić information content (AvgIpc) is 2.73. The fourth-order valence-corrected chi connectivity index (χ4v) is 3.28. The minimum absolute atomic E-state index is 0.110. The van der Waals surface area contributed by atoms with Crippen LogP contribution in [0.1, 0.15) is 12.0 Å². The summed E-state index contributed by atoms with van der Waals surface area (Å²) < 4.78 is 12.1. The van der Waals surface area contributed by atoms with Crippen LogP contribution in [0.4, 0.5) is 0 Å². The second kappa shape index (κ2) is 8.64. The van der Waals surface area contributed by atoms with Gasteiger partial charge in [-0.25, -0.2) is 4.79 Å². The van der Waals surface area contributed by atoms with Crippen molar-refractivity contribution in [2.75, 3.05) is 21.3 Å². The standard InChI is InChI=1S/C21H23N3O5/c1-23(13-14-7-6-10-17(28-2)19(14)29-3)18(25)11-12-24-16-9-5-4-8-15(16)20(26)22-21(24)27/h4-10H,11-13H2,1-3H3,(H,22,26,27). The number of methoxy groups -OCH3 is 2. The highest BCUT2D eigenvalue weighted by molar-refractivity contribution is 5.79. The van der Waals surface area contributed by atoms with E-state index in [9.17, 15) is 14.4 Å². The van der Waals surface area contributed by atoms with Gasteiger partial charge in [0.05, 0.1) is 25.1 Å². The maximum Gasteiger partial charge on any atom is 0.328 e. The number of amides is 1. The predicted molar refractivity (Wildman–Crippen MR) is 109 cm³/mol. The maximum absolute atomic E-state index is 12.7. The minimum Gasteiger partial charge on any atom is -0.493 e. The van der Waals surface area contributed by atoms with Gasteiger partial charge in [-0.2, -0.15) is 0 Å². The summed E-state index contributed by atoms with van der Waals surface area (Å²) in [4.78, 5) is 40.7. The molecule has 1 N–H and O–H groups in total. The molecule has 0 fully saturated rings. The van der Waals surface area contributed by atoms with Crippen LogP contribution in [0.25, 0.3) is 10.9 Å². The molecule has 29 heavy (non-hydrogen) atoms. The van der Waals surface area contributed by atoms with Gasteiger partial charge in [-0.05, 0) is 18.2 Å². The van der Waals surface area contributed by atoms with Crippen molar-refractivity contribution in [1.29, 1.82) is 0 Å². The van der Waals surface area contributed by atoms with Crippen molar-refractivity contribution >= 4 is 16.8 Å². The number of carbonyl (C=O) groups excluding carboxylic acids is 1. The molecule has 3 aromatic rings. The second-order valence-corrected chi connectivity index (χ2v) is 6.58. The van der Waals surface area contributed by atoms with Gasteiger partial charge in [0.2, 0.25) is 5.91 Å². The predicted octanol–water partition coefficient (Wildman–Crippen LogP) is 1.76. The van der Waals surface area contributed by atoms with Crippen LogP contribution in [0.3, 0.4) is 0 Å². The number of aromatic amines is 1. The number of para-hydroxylation sites is 2. The summed E-state index contributed by atoms with van der Waals surface area (Å²) in [7, 11) is 4.80. The van der Waals surface area contributed by atoms with Crippen LogP contribution in [-0.4, -0.2) is 41.6 Å². The van der Waals surface area contributed by atoms with Gasteiger partial charge >= 0.3 is 5.69 Å². The number of fused-ring (bicyclic) bond motifs is 1. The van der Waals surface area contributed by atoms with Crippen molar-refractivity contribution in [3.05, 3.63) is 68.9 Å². The zero-order valence-electron chi connectivity index (χ0n) is 16.6. The molecule has 0 spiro atoms. The number of aryl methyl sites for hydroxylation is 1. The molecule has 0 aliphatic heterocycles. The third-order valence-electron chi connectivity index (χ3n) is 4.77. The third-order valence-corrected chi connectivity index (χ3v) is 4.77. The topological polar surface area (TPSA) is 93.6 Å². The first-order valence-corrected chi connectivity index (χ1v) is 9.12. The molecule has 8 nitrogen and oxygen atoms in total. The van der Waals surface area contributed by atoms with Gasteiger partial charge in [0, 0.05) is 32.1 Å². The number of nitrogens with one attached hydrogen (secondary N) is 1. The van der Waals surface area contributed by atoms with Crippen molar-refractivity contribution in [2.24, 2.45) is 0 Å². The number of aromatic nitrogens is 2.